The highest BCUT2D eigenvalue weighted by Gasteiger charge is 1.93. The summed E-state index contributed by atoms with van der Waals surface area (Å²) in [6, 6.07) is 0. The zero-order valence-electron chi connectivity index (χ0n) is 3.63. The first-order valence-corrected chi connectivity index (χ1v) is 2.26. The van der Waals surface area contributed by atoms with Crippen molar-refractivity contribution in [3.8, 4) is 0 Å². The molecule has 0 aromatic carbocycles. The molecule has 0 aromatic heterocycles. The molecule has 7 heavy (non-hydrogen) atoms. The van der Waals surface area contributed by atoms with Gasteiger partial charge in [-0.3, -0.25) is 4.79 Å². The molecule has 0 aliphatic heterocycles. The van der Waals surface area contributed by atoms with Crippen molar-refractivity contribution in [2.24, 2.45) is 0 Å². The van der Waals surface area contributed by atoms with Crippen LogP contribution in [0.15, 0.2) is 0 Å². The fraction of sp³-hybridized carbons (Fsp3) is 0.250. The summed E-state index contributed by atoms with van der Waals surface area (Å²) >= 11 is 3.52. The summed E-state index contributed by atoms with van der Waals surface area (Å²) in [6.07, 6.45) is 0.499. The lowest BCUT2D eigenvalue weighted by atomic mass is 10.3. The molecular weight excluding hydrogens is 112 g/mol. The van der Waals surface area contributed by atoms with Gasteiger partial charge in [-0.1, -0.05) is 0 Å². The molecule has 1 radical (unpaired) electrons. The summed E-state index contributed by atoms with van der Waals surface area (Å²) in [5.74, 6) is 0.826. The second-order valence-corrected chi connectivity index (χ2v) is 1.22. The Labute approximate surface area is 47.3 Å². The van der Waals surface area contributed by atoms with Gasteiger partial charge in [0.25, 0.3) is 0 Å². The molecule has 0 aliphatic rings. The van der Waals surface area contributed by atoms with Crippen molar-refractivity contribution < 1.29 is 9.59 Å². The molecule has 2 nitrogen and oxygen atoms in total. The molecule has 3 heteroatoms. The minimum atomic E-state index is -0.252. The Balaban J connectivity index is 3.17. The van der Waals surface area contributed by atoms with Crippen LogP contribution in [0.5, 0.6) is 0 Å². The molecule has 0 aliphatic carbocycles. The second-order valence-electron chi connectivity index (χ2n) is 0.966. The quantitative estimate of drug-likeness (QED) is 0.326. The van der Waals surface area contributed by atoms with E-state index in [4.69, 9.17) is 0 Å². The predicted octanol–water partition coefficient (Wildman–Crippen LogP) is 0.236. The fourth-order valence-corrected chi connectivity index (χ4v) is 0.240. The smallest absolute Gasteiger partial charge is 0.154 e. The highest BCUT2D eigenvalue weighted by molar-refractivity contribution is 7.83. The molecule has 0 heterocycles. The number of carbonyl (C=O) groups is 2. The van der Waals surface area contributed by atoms with Crippen molar-refractivity contribution in [1.29, 1.82) is 0 Å². The van der Waals surface area contributed by atoms with E-state index in [2.05, 4.69) is 12.6 Å². The molecule has 0 unspecified atom stereocenters. The van der Waals surface area contributed by atoms with Crippen LogP contribution in [0.3, 0.4) is 0 Å². The fourth-order valence-electron chi connectivity index (χ4n) is 0.135. The monoisotopic (exact) mass is 117 g/mol. The summed E-state index contributed by atoms with van der Waals surface area (Å²) in [6.45, 7) is 0. The lowest BCUT2D eigenvalue weighted by molar-refractivity contribution is -0.119. The summed E-state index contributed by atoms with van der Waals surface area (Å²) < 4.78 is 0. The Morgan fingerprint density at radius 3 is 2.43 bits per heavy atom. The molecule has 0 fully saturated rings. The summed E-state index contributed by atoms with van der Waals surface area (Å²) in [5, 5.41) is 0. The molecule has 0 rings (SSSR count). The zero-order valence-corrected chi connectivity index (χ0v) is 4.52. The van der Waals surface area contributed by atoms with Gasteiger partial charge in [0.1, 0.15) is 6.29 Å². The van der Waals surface area contributed by atoms with E-state index in [-0.39, 0.29) is 12.2 Å². The van der Waals surface area contributed by atoms with E-state index in [1.165, 1.54) is 0 Å². The van der Waals surface area contributed by atoms with Gasteiger partial charge in [0.15, 0.2) is 5.78 Å². The lowest BCUT2D eigenvalue weighted by Gasteiger charge is -1.79. The number of Topliss-reactive ketones (excluding diaryl/α,β-unsaturated/α-hetero) is 1. The van der Waals surface area contributed by atoms with Crippen LogP contribution in [0.1, 0.15) is 6.42 Å². The van der Waals surface area contributed by atoms with Gasteiger partial charge in [-0.25, -0.2) is 0 Å². The van der Waals surface area contributed by atoms with Gasteiger partial charge in [0.2, 0.25) is 0 Å². The maximum atomic E-state index is 10.0. The highest BCUT2D eigenvalue weighted by atomic mass is 32.1. The van der Waals surface area contributed by atoms with Crippen LogP contribution in [-0.4, -0.2) is 12.1 Å². The van der Waals surface area contributed by atoms with E-state index in [1.807, 2.05) is 0 Å². The maximum absolute atomic E-state index is 10.0. The molecule has 39 valence electrons. The van der Waals surface area contributed by atoms with Crippen molar-refractivity contribution >= 4 is 24.7 Å². The molecule has 0 spiro atoms. The third-order valence-corrected chi connectivity index (χ3v) is 0.716. The summed E-state index contributed by atoms with van der Waals surface area (Å²) in [5.41, 5.74) is 0. The molecule has 0 amide bonds. The number of thiol groups is 1. The van der Waals surface area contributed by atoms with Gasteiger partial charge < -0.3 is 4.79 Å². The maximum Gasteiger partial charge on any atom is 0.154 e. The third-order valence-electron chi connectivity index (χ3n) is 0.429. The number of carbonyl (C=O) groups excluding carboxylic acids is 2. The minimum Gasteiger partial charge on any atom is -0.303 e. The second kappa shape index (κ2) is 3.87. The molecule has 0 saturated heterocycles. The van der Waals surface area contributed by atoms with Gasteiger partial charge >= 0.3 is 0 Å². The normalized spacial score (nSPS) is 8.14. The first-order valence-electron chi connectivity index (χ1n) is 1.75. The molecular formula is C4H5O2S. The highest BCUT2D eigenvalue weighted by Crippen LogP contribution is 1.86. The average molecular weight is 117 g/mol. The van der Waals surface area contributed by atoms with Crippen molar-refractivity contribution in [2.75, 3.05) is 0 Å². The van der Waals surface area contributed by atoms with Crippen molar-refractivity contribution in [2.45, 2.75) is 6.42 Å². The van der Waals surface area contributed by atoms with Crippen LogP contribution in [0.25, 0.3) is 0 Å². The standard InChI is InChI=1S/C4H5O2S/c5-2-1-4(6)3-7/h2-3,7H,1H2. The molecule has 0 saturated carbocycles. The van der Waals surface area contributed by atoms with Crippen LogP contribution in [-0.2, 0) is 9.59 Å². The van der Waals surface area contributed by atoms with E-state index in [9.17, 15) is 9.59 Å². The number of hydrogen-bond acceptors (Lipinski definition) is 3. The van der Waals surface area contributed by atoms with Crippen molar-refractivity contribution in [3.63, 3.8) is 0 Å². The van der Waals surface area contributed by atoms with Crippen molar-refractivity contribution in [3.05, 3.63) is 5.75 Å². The Morgan fingerprint density at radius 2 is 2.29 bits per heavy atom. The largest absolute Gasteiger partial charge is 0.303 e. The molecule has 0 atom stereocenters. The van der Waals surface area contributed by atoms with Crippen LogP contribution >= 0.6 is 12.6 Å². The third kappa shape index (κ3) is 3.52. The van der Waals surface area contributed by atoms with Crippen LogP contribution in [0, 0.1) is 5.75 Å². The van der Waals surface area contributed by atoms with Crippen LogP contribution < -0.4 is 0 Å². The first-order chi connectivity index (χ1) is 3.31. The van der Waals surface area contributed by atoms with E-state index >= 15 is 0 Å². The van der Waals surface area contributed by atoms with Gasteiger partial charge in [0.05, 0.1) is 12.2 Å². The van der Waals surface area contributed by atoms with Crippen molar-refractivity contribution in [1.82, 2.24) is 0 Å². The van der Waals surface area contributed by atoms with Gasteiger partial charge in [0, 0.05) is 0 Å². The Kier molecular flexibility index (Phi) is 3.69. The van der Waals surface area contributed by atoms with E-state index in [1.54, 1.807) is 0 Å². The Bertz CT molecular complexity index is 79.8. The average Bonchev–Trinajstić information content (AvgIpc) is 1.68. The SMILES string of the molecule is O=CCC(=O)[CH]S. The molecule has 0 aromatic rings. The van der Waals surface area contributed by atoms with E-state index < -0.39 is 0 Å². The zero-order chi connectivity index (χ0) is 5.70. The topological polar surface area (TPSA) is 34.1 Å². The molecule has 0 bridgehead atoms. The van der Waals surface area contributed by atoms with Crippen LogP contribution in [0.4, 0.5) is 0 Å². The first kappa shape index (κ1) is 6.69. The van der Waals surface area contributed by atoms with E-state index in [0.717, 1.165) is 5.75 Å². The van der Waals surface area contributed by atoms with Gasteiger partial charge in [-0.2, -0.15) is 12.6 Å². The minimum absolute atomic E-state index is 0.0521. The van der Waals surface area contributed by atoms with Crippen LogP contribution in [0.2, 0.25) is 0 Å². The number of hydrogen-bond donors (Lipinski definition) is 1. The number of ketones is 1. The number of aldehydes is 1. The molecule has 0 N–H and O–H groups in total. The summed E-state index contributed by atoms with van der Waals surface area (Å²) in [7, 11) is 0. The number of rotatable bonds is 3. The summed E-state index contributed by atoms with van der Waals surface area (Å²) in [4.78, 5) is 19.5. The lowest BCUT2D eigenvalue weighted by Crippen LogP contribution is -1.92. The Morgan fingerprint density at radius 1 is 1.71 bits per heavy atom. The van der Waals surface area contributed by atoms with Gasteiger partial charge in [-0.15, -0.1) is 0 Å². The van der Waals surface area contributed by atoms with Gasteiger partial charge in [-0.05, 0) is 0 Å². The van der Waals surface area contributed by atoms with E-state index in [0.29, 0.717) is 6.29 Å². The predicted molar refractivity (Wildman–Crippen MR) is 29.0 cm³/mol. The Hall–Kier alpha value is -0.310.